The van der Waals surface area contributed by atoms with Gasteiger partial charge in [-0.2, -0.15) is 5.26 Å². The van der Waals surface area contributed by atoms with Crippen molar-refractivity contribution < 1.29 is 45.6 Å². The van der Waals surface area contributed by atoms with Gasteiger partial charge in [-0.3, -0.25) is 0 Å². The minimum absolute atomic E-state index is 0. The van der Waals surface area contributed by atoms with E-state index in [4.69, 9.17) is 15.5 Å². The van der Waals surface area contributed by atoms with E-state index < -0.39 is 31.5 Å². The average Bonchev–Trinajstić information content (AvgIpc) is 3.07. The van der Waals surface area contributed by atoms with Gasteiger partial charge < -0.3 is 27.2 Å². The number of alkyl halides is 1. The first-order valence-electron chi connectivity index (χ1n) is 14.0. The number of benzene rings is 5. The Bertz CT molecular complexity index is 1560. The van der Waals surface area contributed by atoms with Crippen LogP contribution in [0.5, 0.6) is 0 Å². The van der Waals surface area contributed by atoms with Gasteiger partial charge in [0.1, 0.15) is 11.6 Å². The number of hydrogen-bond donors (Lipinski definition) is 2. The molecule has 244 valence electrons. The van der Waals surface area contributed by atoms with Crippen LogP contribution in [0.25, 0.3) is 0 Å². The van der Waals surface area contributed by atoms with Gasteiger partial charge in [0.25, 0.3) is 0 Å². The van der Waals surface area contributed by atoms with Gasteiger partial charge in [0.2, 0.25) is 0 Å². The molecule has 2 N–H and O–H groups in total. The summed E-state index contributed by atoms with van der Waals surface area (Å²) < 4.78 is 25.9. The van der Waals surface area contributed by atoms with Crippen LogP contribution in [0.1, 0.15) is 45.7 Å². The number of carboxylic acids is 2. The Hall–Kier alpha value is -4.22. The summed E-state index contributed by atoms with van der Waals surface area (Å²) in [6.07, 6.45) is 0.575. The van der Waals surface area contributed by atoms with Gasteiger partial charge >= 0.3 is 11.9 Å². The fraction of sp³-hybridized carbons (Fsp3) is 0.108. The highest BCUT2D eigenvalue weighted by atomic mass is 79.9. The number of rotatable bonds is 7. The summed E-state index contributed by atoms with van der Waals surface area (Å²) in [7, 11) is -0.446. The number of carboxylic acid groups (broad SMARTS) is 2. The molecule has 0 aliphatic heterocycles. The van der Waals surface area contributed by atoms with E-state index in [1.807, 2.05) is 6.92 Å². The van der Waals surface area contributed by atoms with E-state index >= 15 is 0 Å². The molecule has 0 spiro atoms. The molecule has 0 aliphatic carbocycles. The molecule has 0 heterocycles. The van der Waals surface area contributed by atoms with Crippen LogP contribution >= 0.6 is 23.9 Å². The molecule has 47 heavy (non-hydrogen) atoms. The summed E-state index contributed by atoms with van der Waals surface area (Å²) in [6.45, 7) is 3.25. The summed E-state index contributed by atoms with van der Waals surface area (Å²) >= 11 is 3.08. The maximum atomic E-state index is 12.9. The lowest BCUT2D eigenvalue weighted by atomic mass is 10.1. The van der Waals surface area contributed by atoms with Gasteiger partial charge in [0.15, 0.2) is 0 Å². The zero-order chi connectivity index (χ0) is 33.9. The molecule has 0 aromatic heterocycles. The van der Waals surface area contributed by atoms with Crippen molar-refractivity contribution in [3.63, 3.8) is 0 Å². The van der Waals surface area contributed by atoms with Crippen molar-refractivity contribution in [3.8, 4) is 6.07 Å². The van der Waals surface area contributed by atoms with E-state index in [0.717, 1.165) is 12.1 Å². The van der Waals surface area contributed by atoms with E-state index in [1.54, 1.807) is 6.07 Å². The average molecular weight is 784 g/mol. The number of nitrogens with zero attached hydrogens (tertiary/aromatic N) is 1. The Morgan fingerprint density at radius 2 is 1.00 bits per heavy atom. The van der Waals surface area contributed by atoms with Crippen LogP contribution < -0.4 is 32.9 Å². The molecule has 0 atom stereocenters. The molecule has 0 amide bonds. The van der Waals surface area contributed by atoms with Crippen LogP contribution in [0.15, 0.2) is 127 Å². The molecule has 5 aromatic carbocycles. The molecule has 0 radical (unpaired) electrons. The minimum Gasteiger partial charge on any atom is -1.00 e. The van der Waals surface area contributed by atoms with Crippen molar-refractivity contribution >= 4 is 51.7 Å². The number of aromatic carboxylic acids is 2. The fourth-order valence-electron chi connectivity index (χ4n) is 3.93. The second-order valence-corrected chi connectivity index (χ2v) is 12.1. The lowest BCUT2D eigenvalue weighted by molar-refractivity contribution is -0.0000405. The maximum Gasteiger partial charge on any atom is 0.335 e. The SMILES string of the molecule is CC#N.CCc1ccc(C(=O)O)cc1F.O=C(O)c1ccc(CBr)c(F)c1.[Br-].c1ccc(P(c2ccccc2)c2ccccc2)cc1. The third kappa shape index (κ3) is 13.6. The molecule has 0 bridgehead atoms. The molecule has 5 aromatic rings. The van der Waals surface area contributed by atoms with Crippen molar-refractivity contribution in [1.82, 2.24) is 0 Å². The Kier molecular flexibility index (Phi) is 19.4. The molecule has 0 aliphatic rings. The number of nitriles is 1. The summed E-state index contributed by atoms with van der Waals surface area (Å²) in [5.74, 6) is -3.16. The van der Waals surface area contributed by atoms with Crippen LogP contribution in [0.3, 0.4) is 0 Å². The topological polar surface area (TPSA) is 98.4 Å². The zero-order valence-corrected chi connectivity index (χ0v) is 29.7. The fourth-order valence-corrected chi connectivity index (χ4v) is 6.69. The molecular weight excluding hydrogens is 751 g/mol. The predicted molar refractivity (Wildman–Crippen MR) is 185 cm³/mol. The molecule has 10 heteroatoms. The molecule has 0 unspecified atom stereocenters. The predicted octanol–water partition coefficient (Wildman–Crippen LogP) is 5.48. The highest BCUT2D eigenvalue weighted by Crippen LogP contribution is 2.32. The van der Waals surface area contributed by atoms with Crippen LogP contribution in [0.2, 0.25) is 0 Å². The Morgan fingerprint density at radius 1 is 0.681 bits per heavy atom. The van der Waals surface area contributed by atoms with Gasteiger partial charge in [-0.15, -0.1) is 0 Å². The third-order valence-electron chi connectivity index (χ3n) is 6.17. The standard InChI is InChI=1S/C18H15P.C9H9FO2.C8H6BrFO2.C2H3N.BrH/c1-4-10-16(11-5-1)19(17-12-6-2-7-13-17)18-14-8-3-9-15-18;1-2-6-3-4-7(9(11)12)5-8(6)10;9-4-6-2-1-5(8(11)12)3-7(6)10;1-2-3;/h1-15H;3-5H,2H2,1H3,(H,11,12);1-3H,4H2,(H,11,12);1H3;1H/p-1. The lowest BCUT2D eigenvalue weighted by Crippen LogP contribution is -3.00. The molecule has 0 saturated carbocycles. The zero-order valence-electron chi connectivity index (χ0n) is 25.7. The first kappa shape index (κ1) is 40.8. The van der Waals surface area contributed by atoms with Crippen molar-refractivity contribution in [3.05, 3.63) is 161 Å². The molecule has 0 fully saturated rings. The number of hydrogen-bond acceptors (Lipinski definition) is 3. The van der Waals surface area contributed by atoms with E-state index in [9.17, 15) is 18.4 Å². The Labute approximate surface area is 294 Å². The third-order valence-corrected chi connectivity index (χ3v) is 9.22. The van der Waals surface area contributed by atoms with E-state index in [0.29, 0.717) is 22.9 Å². The van der Waals surface area contributed by atoms with Gasteiger partial charge in [-0.1, -0.05) is 126 Å². The first-order chi connectivity index (χ1) is 22.2. The minimum atomic E-state index is -1.12. The van der Waals surface area contributed by atoms with Gasteiger partial charge in [-0.25, -0.2) is 18.4 Å². The monoisotopic (exact) mass is 782 g/mol. The van der Waals surface area contributed by atoms with Crippen LogP contribution in [-0.2, 0) is 11.8 Å². The molecule has 0 saturated heterocycles. The smallest absolute Gasteiger partial charge is 0.335 e. The summed E-state index contributed by atoms with van der Waals surface area (Å²) in [4.78, 5) is 20.8. The van der Waals surface area contributed by atoms with Crippen LogP contribution in [-0.4, -0.2) is 22.2 Å². The molecular formula is C37H33Br2F2NO4P-. The van der Waals surface area contributed by atoms with Crippen molar-refractivity contribution in [2.24, 2.45) is 0 Å². The summed E-state index contributed by atoms with van der Waals surface area (Å²) in [6, 6.07) is 41.9. The normalized spacial score (nSPS) is 9.47. The number of carbonyl (C=O) groups is 2. The maximum absolute atomic E-state index is 12.9. The van der Waals surface area contributed by atoms with Crippen molar-refractivity contribution in [2.75, 3.05) is 0 Å². The number of halogens is 4. The second kappa shape index (κ2) is 22.3. The van der Waals surface area contributed by atoms with E-state index in [1.165, 1.54) is 47.1 Å². The Balaban J connectivity index is 0.000000348. The van der Waals surface area contributed by atoms with Crippen molar-refractivity contribution in [1.29, 1.82) is 5.26 Å². The van der Waals surface area contributed by atoms with Crippen LogP contribution in [0, 0.1) is 23.0 Å². The van der Waals surface area contributed by atoms with E-state index in [-0.39, 0.29) is 28.1 Å². The quantitative estimate of drug-likeness (QED) is 0.168. The first-order valence-corrected chi connectivity index (χ1v) is 16.5. The largest absolute Gasteiger partial charge is 1.00 e. The number of aryl methyl sites for hydroxylation is 1. The van der Waals surface area contributed by atoms with Gasteiger partial charge in [-0.05, 0) is 65.6 Å². The second-order valence-electron chi connectivity index (χ2n) is 9.28. The van der Waals surface area contributed by atoms with Gasteiger partial charge in [0, 0.05) is 12.3 Å². The molecule has 5 nitrogen and oxygen atoms in total. The highest BCUT2D eigenvalue weighted by Gasteiger charge is 2.15. The van der Waals surface area contributed by atoms with E-state index in [2.05, 4.69) is 107 Å². The molecule has 5 rings (SSSR count). The summed E-state index contributed by atoms with van der Waals surface area (Å²) in [5.41, 5.74) is 0.960. The van der Waals surface area contributed by atoms with Crippen molar-refractivity contribution in [2.45, 2.75) is 25.6 Å². The van der Waals surface area contributed by atoms with Gasteiger partial charge in [0.05, 0.1) is 17.2 Å². The lowest BCUT2D eigenvalue weighted by Gasteiger charge is -2.18. The highest BCUT2D eigenvalue weighted by molar-refractivity contribution is 9.08. The summed E-state index contributed by atoms with van der Waals surface area (Å²) in [5, 5.41) is 28.9. The van der Waals surface area contributed by atoms with Crippen LogP contribution in [0.4, 0.5) is 8.78 Å². The Morgan fingerprint density at radius 3 is 1.26 bits per heavy atom.